The Bertz CT molecular complexity index is 446. The molecule has 1 aliphatic heterocycles. The molecule has 0 aromatic heterocycles. The van der Waals surface area contributed by atoms with Gasteiger partial charge in [-0.2, -0.15) is 0 Å². The molecule has 0 atom stereocenters. The molecule has 0 saturated carbocycles. The Morgan fingerprint density at radius 2 is 1.95 bits per heavy atom. The fourth-order valence-electron chi connectivity index (χ4n) is 2.26. The van der Waals surface area contributed by atoms with Gasteiger partial charge in [0.1, 0.15) is 0 Å². The predicted molar refractivity (Wildman–Crippen MR) is 77.9 cm³/mol. The molecule has 1 saturated heterocycles. The van der Waals surface area contributed by atoms with Gasteiger partial charge >= 0.3 is 0 Å². The average Bonchev–Trinajstić information content (AvgIpc) is 2.39. The number of amides is 1. The number of hydrogen-bond acceptors (Lipinski definition) is 3. The number of anilines is 2. The maximum Gasteiger partial charge on any atom is 0.211 e. The van der Waals surface area contributed by atoms with Crippen molar-refractivity contribution in [2.24, 2.45) is 0 Å². The molecule has 1 aromatic carbocycles. The van der Waals surface area contributed by atoms with Crippen LogP contribution in [0.2, 0.25) is 0 Å². The normalized spacial score (nSPS) is 16.3. The molecular formula is C15H22N2O2. The average molecular weight is 262 g/mol. The van der Waals surface area contributed by atoms with Crippen molar-refractivity contribution in [3.8, 4) is 0 Å². The van der Waals surface area contributed by atoms with Crippen LogP contribution in [0.1, 0.15) is 26.3 Å². The van der Waals surface area contributed by atoms with Crippen LogP contribution < -0.4 is 10.2 Å². The molecule has 104 valence electrons. The van der Waals surface area contributed by atoms with Crippen LogP contribution in [-0.4, -0.2) is 32.7 Å². The van der Waals surface area contributed by atoms with Crippen molar-refractivity contribution in [3.63, 3.8) is 0 Å². The van der Waals surface area contributed by atoms with Gasteiger partial charge in [-0.05, 0) is 23.1 Å². The SMILES string of the molecule is CC(C)(C)c1ccc(N2CCOCC2)c(NC=O)c1. The summed E-state index contributed by atoms with van der Waals surface area (Å²) in [7, 11) is 0. The number of hydrogen-bond donors (Lipinski definition) is 1. The lowest BCUT2D eigenvalue weighted by Gasteiger charge is -2.31. The molecule has 1 heterocycles. The largest absolute Gasteiger partial charge is 0.378 e. The second-order valence-electron chi connectivity index (χ2n) is 5.84. The van der Waals surface area contributed by atoms with E-state index in [-0.39, 0.29) is 5.41 Å². The van der Waals surface area contributed by atoms with Crippen molar-refractivity contribution < 1.29 is 9.53 Å². The number of nitrogens with one attached hydrogen (secondary N) is 1. The third-order valence-electron chi connectivity index (χ3n) is 3.43. The van der Waals surface area contributed by atoms with E-state index >= 15 is 0 Å². The first kappa shape index (κ1) is 13.9. The summed E-state index contributed by atoms with van der Waals surface area (Å²) in [6, 6.07) is 6.30. The molecule has 4 heteroatoms. The summed E-state index contributed by atoms with van der Waals surface area (Å²) in [4.78, 5) is 13.1. The quantitative estimate of drug-likeness (QED) is 0.850. The number of rotatable bonds is 3. The summed E-state index contributed by atoms with van der Waals surface area (Å²) in [5, 5.41) is 2.82. The van der Waals surface area contributed by atoms with Gasteiger partial charge in [-0.3, -0.25) is 4.79 Å². The van der Waals surface area contributed by atoms with E-state index in [0.717, 1.165) is 44.1 Å². The van der Waals surface area contributed by atoms with E-state index in [1.165, 1.54) is 5.56 Å². The number of morpholine rings is 1. The molecule has 4 nitrogen and oxygen atoms in total. The van der Waals surface area contributed by atoms with Crippen LogP contribution in [0.4, 0.5) is 11.4 Å². The Kier molecular flexibility index (Phi) is 4.10. The molecule has 1 fully saturated rings. The van der Waals surface area contributed by atoms with Crippen molar-refractivity contribution >= 4 is 17.8 Å². The monoisotopic (exact) mass is 262 g/mol. The van der Waals surface area contributed by atoms with Gasteiger partial charge in [-0.15, -0.1) is 0 Å². The molecular weight excluding hydrogens is 240 g/mol. The van der Waals surface area contributed by atoms with Crippen LogP contribution >= 0.6 is 0 Å². The first-order valence-corrected chi connectivity index (χ1v) is 6.70. The fraction of sp³-hybridized carbons (Fsp3) is 0.533. The molecule has 0 spiro atoms. The van der Waals surface area contributed by atoms with Crippen LogP contribution in [0.5, 0.6) is 0 Å². The summed E-state index contributed by atoms with van der Waals surface area (Å²) in [5.41, 5.74) is 3.24. The maximum absolute atomic E-state index is 10.8. The Balaban J connectivity index is 2.34. The number of carbonyl (C=O) groups excluding carboxylic acids is 1. The Hall–Kier alpha value is -1.55. The van der Waals surface area contributed by atoms with E-state index < -0.39 is 0 Å². The third kappa shape index (κ3) is 3.26. The van der Waals surface area contributed by atoms with Crippen molar-refractivity contribution in [2.75, 3.05) is 36.5 Å². The molecule has 0 radical (unpaired) electrons. The molecule has 0 unspecified atom stereocenters. The Morgan fingerprint density at radius 3 is 2.53 bits per heavy atom. The summed E-state index contributed by atoms with van der Waals surface area (Å²) in [5.74, 6) is 0. The van der Waals surface area contributed by atoms with Gasteiger partial charge in [0.05, 0.1) is 24.6 Å². The second kappa shape index (κ2) is 5.61. The highest BCUT2D eigenvalue weighted by atomic mass is 16.5. The van der Waals surface area contributed by atoms with Crippen LogP contribution in [0.15, 0.2) is 18.2 Å². The molecule has 1 aliphatic rings. The van der Waals surface area contributed by atoms with E-state index in [0.29, 0.717) is 0 Å². The zero-order chi connectivity index (χ0) is 13.9. The smallest absolute Gasteiger partial charge is 0.211 e. The van der Waals surface area contributed by atoms with Gasteiger partial charge in [-0.1, -0.05) is 26.8 Å². The van der Waals surface area contributed by atoms with E-state index in [1.54, 1.807) is 0 Å². The highest BCUT2D eigenvalue weighted by Gasteiger charge is 2.19. The minimum Gasteiger partial charge on any atom is -0.378 e. The highest BCUT2D eigenvalue weighted by molar-refractivity contribution is 5.82. The summed E-state index contributed by atoms with van der Waals surface area (Å²) < 4.78 is 5.37. The van der Waals surface area contributed by atoms with Gasteiger partial charge in [0, 0.05) is 13.1 Å². The number of nitrogens with zero attached hydrogens (tertiary/aromatic N) is 1. The first-order chi connectivity index (χ1) is 9.02. The minimum absolute atomic E-state index is 0.0723. The topological polar surface area (TPSA) is 41.6 Å². The Morgan fingerprint density at radius 1 is 1.26 bits per heavy atom. The second-order valence-corrected chi connectivity index (χ2v) is 5.84. The maximum atomic E-state index is 10.8. The fourth-order valence-corrected chi connectivity index (χ4v) is 2.26. The predicted octanol–water partition coefficient (Wildman–Crippen LogP) is 2.39. The molecule has 19 heavy (non-hydrogen) atoms. The van der Waals surface area contributed by atoms with Gasteiger partial charge in [0.15, 0.2) is 0 Å². The molecule has 1 aromatic rings. The van der Waals surface area contributed by atoms with Crippen LogP contribution in [-0.2, 0) is 14.9 Å². The van der Waals surface area contributed by atoms with Crippen LogP contribution in [0, 0.1) is 0 Å². The van der Waals surface area contributed by atoms with Gasteiger partial charge in [0.25, 0.3) is 0 Å². The number of carbonyl (C=O) groups is 1. The molecule has 0 bridgehead atoms. The lowest BCUT2D eigenvalue weighted by atomic mass is 9.86. The summed E-state index contributed by atoms with van der Waals surface area (Å²) in [6.45, 7) is 9.71. The van der Waals surface area contributed by atoms with E-state index in [2.05, 4.69) is 49.2 Å². The highest BCUT2D eigenvalue weighted by Crippen LogP contribution is 2.32. The third-order valence-corrected chi connectivity index (χ3v) is 3.43. The zero-order valence-corrected chi connectivity index (χ0v) is 11.9. The van der Waals surface area contributed by atoms with Crippen LogP contribution in [0.25, 0.3) is 0 Å². The minimum atomic E-state index is 0.0723. The summed E-state index contributed by atoms with van der Waals surface area (Å²) in [6.07, 6.45) is 0.742. The number of ether oxygens (including phenoxy) is 1. The molecule has 2 rings (SSSR count). The number of benzene rings is 1. The molecule has 0 aliphatic carbocycles. The molecule has 1 amide bonds. The van der Waals surface area contributed by atoms with Gasteiger partial charge in [-0.25, -0.2) is 0 Å². The van der Waals surface area contributed by atoms with Crippen molar-refractivity contribution in [1.29, 1.82) is 0 Å². The standard InChI is InChI=1S/C15H22N2O2/c1-15(2,3)12-4-5-14(13(10-12)16-11-18)17-6-8-19-9-7-17/h4-5,10-11H,6-9H2,1-3H3,(H,16,18). The van der Waals surface area contributed by atoms with E-state index in [9.17, 15) is 4.79 Å². The lowest BCUT2D eigenvalue weighted by Crippen LogP contribution is -2.36. The van der Waals surface area contributed by atoms with Gasteiger partial charge < -0.3 is 15.0 Å². The van der Waals surface area contributed by atoms with Crippen LogP contribution in [0.3, 0.4) is 0 Å². The van der Waals surface area contributed by atoms with Crippen molar-refractivity contribution in [1.82, 2.24) is 0 Å². The summed E-state index contributed by atoms with van der Waals surface area (Å²) >= 11 is 0. The van der Waals surface area contributed by atoms with Gasteiger partial charge in [0.2, 0.25) is 6.41 Å². The molecule has 1 N–H and O–H groups in total. The zero-order valence-electron chi connectivity index (χ0n) is 11.9. The Labute approximate surface area is 114 Å². The van der Waals surface area contributed by atoms with E-state index in [4.69, 9.17) is 4.74 Å². The first-order valence-electron chi connectivity index (χ1n) is 6.70. The van der Waals surface area contributed by atoms with Crippen molar-refractivity contribution in [2.45, 2.75) is 26.2 Å². The lowest BCUT2D eigenvalue weighted by molar-refractivity contribution is -0.105. The van der Waals surface area contributed by atoms with E-state index in [1.807, 2.05) is 0 Å². The van der Waals surface area contributed by atoms with Crippen molar-refractivity contribution in [3.05, 3.63) is 23.8 Å².